The third-order valence-electron chi connectivity index (χ3n) is 3.46. The molecule has 0 spiro atoms. The third-order valence-corrected chi connectivity index (χ3v) is 3.46. The molecule has 0 radical (unpaired) electrons. The maximum absolute atomic E-state index is 10.3. The van der Waals surface area contributed by atoms with Crippen LogP contribution in [0.25, 0.3) is 0 Å². The maximum atomic E-state index is 10.3. The molecule has 0 aliphatic heterocycles. The zero-order chi connectivity index (χ0) is 11.9. The molecule has 0 amide bonds. The highest BCUT2D eigenvalue weighted by Gasteiger charge is 2.26. The van der Waals surface area contributed by atoms with Crippen LogP contribution in [0.5, 0.6) is 5.75 Å². The predicted molar refractivity (Wildman–Crippen MR) is 73.9 cm³/mol. The van der Waals surface area contributed by atoms with E-state index in [9.17, 15) is 5.11 Å². The molecule has 2 rings (SSSR count). The Labute approximate surface area is 110 Å². The second-order valence-corrected chi connectivity index (χ2v) is 5.34. The van der Waals surface area contributed by atoms with Crippen molar-refractivity contribution in [3.8, 4) is 5.75 Å². The lowest BCUT2D eigenvalue weighted by Crippen LogP contribution is -2.07. The van der Waals surface area contributed by atoms with Gasteiger partial charge in [0.25, 0.3) is 0 Å². The van der Waals surface area contributed by atoms with Crippen molar-refractivity contribution < 1.29 is 5.11 Å². The summed E-state index contributed by atoms with van der Waals surface area (Å²) >= 11 is 0. The largest absolute Gasteiger partial charge is 0.507 e. The van der Waals surface area contributed by atoms with Gasteiger partial charge in [-0.2, -0.15) is 0 Å². The van der Waals surface area contributed by atoms with E-state index in [4.69, 9.17) is 5.73 Å². The monoisotopic (exact) mass is 255 g/mol. The maximum Gasteiger partial charge on any atom is 0.123 e. The molecule has 96 valence electrons. The molecule has 1 aromatic carbocycles. The van der Waals surface area contributed by atoms with E-state index in [0.717, 1.165) is 30.4 Å². The van der Waals surface area contributed by atoms with Crippen LogP contribution in [0, 0.1) is 12.8 Å². The van der Waals surface area contributed by atoms with Crippen LogP contribution in [-0.4, -0.2) is 5.11 Å². The lowest BCUT2D eigenvalue weighted by molar-refractivity contribution is 0.451. The Hall–Kier alpha value is -0.730. The van der Waals surface area contributed by atoms with Crippen LogP contribution < -0.4 is 5.73 Å². The Balaban J connectivity index is 0.00000144. The first-order valence-corrected chi connectivity index (χ1v) is 6.10. The molecule has 0 fully saturated rings. The van der Waals surface area contributed by atoms with Crippen molar-refractivity contribution in [2.45, 2.75) is 46.1 Å². The third kappa shape index (κ3) is 2.58. The first kappa shape index (κ1) is 14.3. The Morgan fingerprint density at radius 3 is 2.71 bits per heavy atom. The van der Waals surface area contributed by atoms with Crippen molar-refractivity contribution in [1.82, 2.24) is 0 Å². The van der Waals surface area contributed by atoms with Gasteiger partial charge in [-0.25, -0.2) is 0 Å². The van der Waals surface area contributed by atoms with E-state index >= 15 is 0 Å². The van der Waals surface area contributed by atoms with Crippen molar-refractivity contribution in [2.75, 3.05) is 0 Å². The van der Waals surface area contributed by atoms with E-state index in [-0.39, 0.29) is 18.4 Å². The van der Waals surface area contributed by atoms with Gasteiger partial charge >= 0.3 is 0 Å². The Morgan fingerprint density at radius 1 is 1.47 bits per heavy atom. The van der Waals surface area contributed by atoms with Crippen LogP contribution in [-0.2, 0) is 12.8 Å². The van der Waals surface area contributed by atoms with Crippen molar-refractivity contribution >= 4 is 12.4 Å². The molecule has 1 aliphatic rings. The SMILES string of the molecule is Cc1cc(CC(C)C)c(O)c2c1CCC2N.Cl. The topological polar surface area (TPSA) is 46.2 Å². The van der Waals surface area contributed by atoms with Gasteiger partial charge in [-0.3, -0.25) is 0 Å². The summed E-state index contributed by atoms with van der Waals surface area (Å²) < 4.78 is 0. The van der Waals surface area contributed by atoms with Crippen LogP contribution in [0.4, 0.5) is 0 Å². The van der Waals surface area contributed by atoms with E-state index in [1.807, 2.05) is 0 Å². The lowest BCUT2D eigenvalue weighted by Gasteiger charge is -2.15. The van der Waals surface area contributed by atoms with Gasteiger partial charge in [-0.1, -0.05) is 19.9 Å². The summed E-state index contributed by atoms with van der Waals surface area (Å²) in [6.07, 6.45) is 2.90. The molecule has 1 aromatic rings. The standard InChI is InChI=1S/C14H21NO.ClH/c1-8(2)6-10-7-9(3)11-4-5-12(15)13(11)14(10)16;/h7-8,12,16H,4-6,15H2,1-3H3;1H. The number of aromatic hydroxyl groups is 1. The molecule has 3 heteroatoms. The molecule has 0 saturated heterocycles. The highest BCUT2D eigenvalue weighted by Crippen LogP contribution is 2.40. The Kier molecular flexibility index (Phi) is 4.45. The van der Waals surface area contributed by atoms with E-state index in [1.165, 1.54) is 11.1 Å². The molecule has 0 saturated carbocycles. The molecule has 17 heavy (non-hydrogen) atoms. The van der Waals surface area contributed by atoms with Gasteiger partial charge in [0.15, 0.2) is 0 Å². The van der Waals surface area contributed by atoms with Gasteiger partial charge in [-0.15, -0.1) is 12.4 Å². The minimum Gasteiger partial charge on any atom is -0.507 e. The number of nitrogens with two attached hydrogens (primary N) is 1. The van der Waals surface area contributed by atoms with E-state index in [2.05, 4.69) is 26.8 Å². The summed E-state index contributed by atoms with van der Waals surface area (Å²) in [6, 6.07) is 2.16. The van der Waals surface area contributed by atoms with Gasteiger partial charge in [0, 0.05) is 11.6 Å². The summed E-state index contributed by atoms with van der Waals surface area (Å²) in [6.45, 7) is 6.46. The van der Waals surface area contributed by atoms with E-state index in [0.29, 0.717) is 11.7 Å². The van der Waals surface area contributed by atoms with Crippen LogP contribution in [0.3, 0.4) is 0 Å². The van der Waals surface area contributed by atoms with Gasteiger partial charge in [-0.05, 0) is 48.8 Å². The molecule has 1 unspecified atom stereocenters. The van der Waals surface area contributed by atoms with Crippen LogP contribution >= 0.6 is 12.4 Å². The second-order valence-electron chi connectivity index (χ2n) is 5.34. The molecule has 1 atom stereocenters. The predicted octanol–water partition coefficient (Wildman–Crippen LogP) is 3.27. The summed E-state index contributed by atoms with van der Waals surface area (Å²) in [5, 5.41) is 10.3. The number of phenolic OH excluding ortho intramolecular Hbond substituents is 1. The van der Waals surface area contributed by atoms with E-state index < -0.39 is 0 Å². The lowest BCUT2D eigenvalue weighted by atomic mass is 9.93. The molecular formula is C14H22ClNO. The number of aryl methyl sites for hydroxylation is 1. The molecule has 0 bridgehead atoms. The molecule has 1 aliphatic carbocycles. The van der Waals surface area contributed by atoms with Gasteiger partial charge in [0.05, 0.1) is 0 Å². The number of hydrogen-bond donors (Lipinski definition) is 2. The fourth-order valence-corrected chi connectivity index (χ4v) is 2.72. The minimum atomic E-state index is 0. The molecule has 0 aromatic heterocycles. The average Bonchev–Trinajstić information content (AvgIpc) is 2.56. The number of phenols is 1. The average molecular weight is 256 g/mol. The van der Waals surface area contributed by atoms with Gasteiger partial charge in [0.1, 0.15) is 5.75 Å². The second kappa shape index (κ2) is 5.28. The Morgan fingerprint density at radius 2 is 2.12 bits per heavy atom. The fourth-order valence-electron chi connectivity index (χ4n) is 2.72. The highest BCUT2D eigenvalue weighted by molar-refractivity contribution is 5.85. The number of halogens is 1. The van der Waals surface area contributed by atoms with E-state index in [1.54, 1.807) is 0 Å². The first-order chi connectivity index (χ1) is 7.50. The molecule has 0 heterocycles. The summed E-state index contributed by atoms with van der Waals surface area (Å²) in [5.74, 6) is 1.01. The van der Waals surface area contributed by atoms with Crippen molar-refractivity contribution in [3.05, 3.63) is 28.3 Å². The van der Waals surface area contributed by atoms with Crippen LogP contribution in [0.2, 0.25) is 0 Å². The summed E-state index contributed by atoms with van der Waals surface area (Å²) in [5.41, 5.74) is 10.7. The summed E-state index contributed by atoms with van der Waals surface area (Å²) in [4.78, 5) is 0. The zero-order valence-electron chi connectivity index (χ0n) is 10.8. The minimum absolute atomic E-state index is 0. The van der Waals surface area contributed by atoms with Crippen LogP contribution in [0.15, 0.2) is 6.07 Å². The summed E-state index contributed by atoms with van der Waals surface area (Å²) in [7, 11) is 0. The first-order valence-electron chi connectivity index (χ1n) is 6.10. The molecule has 3 N–H and O–H groups in total. The zero-order valence-corrected chi connectivity index (χ0v) is 11.6. The van der Waals surface area contributed by atoms with Gasteiger partial charge < -0.3 is 10.8 Å². The highest BCUT2D eigenvalue weighted by atomic mass is 35.5. The van der Waals surface area contributed by atoms with Crippen molar-refractivity contribution in [3.63, 3.8) is 0 Å². The molecule has 2 nitrogen and oxygen atoms in total. The number of rotatable bonds is 2. The van der Waals surface area contributed by atoms with Crippen molar-refractivity contribution in [2.24, 2.45) is 11.7 Å². The normalized spacial score (nSPS) is 18.1. The van der Waals surface area contributed by atoms with Crippen LogP contribution in [0.1, 0.15) is 48.6 Å². The molecular weight excluding hydrogens is 234 g/mol. The number of fused-ring (bicyclic) bond motifs is 1. The Bertz CT molecular complexity index is 415. The number of benzene rings is 1. The fraction of sp³-hybridized carbons (Fsp3) is 0.571. The smallest absolute Gasteiger partial charge is 0.123 e. The van der Waals surface area contributed by atoms with Crippen molar-refractivity contribution in [1.29, 1.82) is 0 Å². The van der Waals surface area contributed by atoms with Gasteiger partial charge in [0.2, 0.25) is 0 Å². The quantitative estimate of drug-likeness (QED) is 0.852. The number of hydrogen-bond acceptors (Lipinski definition) is 2.